The number of ketones is 1. The van der Waals surface area contributed by atoms with Gasteiger partial charge in [0, 0.05) is 29.8 Å². The summed E-state index contributed by atoms with van der Waals surface area (Å²) in [5.41, 5.74) is 0.154. The molecular formula is C13H21NO2. The van der Waals surface area contributed by atoms with E-state index in [1.54, 1.807) is 0 Å². The molecule has 3 nitrogen and oxygen atoms in total. The molecule has 90 valence electrons. The van der Waals surface area contributed by atoms with Gasteiger partial charge in [-0.1, -0.05) is 6.92 Å². The van der Waals surface area contributed by atoms with Crippen molar-refractivity contribution in [1.82, 2.24) is 5.32 Å². The Labute approximate surface area is 96.9 Å². The van der Waals surface area contributed by atoms with Gasteiger partial charge in [-0.2, -0.15) is 0 Å². The van der Waals surface area contributed by atoms with E-state index in [0.29, 0.717) is 23.8 Å². The second kappa shape index (κ2) is 3.81. The van der Waals surface area contributed by atoms with E-state index in [4.69, 9.17) is 4.74 Å². The fourth-order valence-corrected chi connectivity index (χ4v) is 3.44. The Morgan fingerprint density at radius 3 is 2.44 bits per heavy atom. The van der Waals surface area contributed by atoms with Crippen LogP contribution in [0.25, 0.3) is 0 Å². The van der Waals surface area contributed by atoms with Crippen LogP contribution in [-0.2, 0) is 9.53 Å². The first-order chi connectivity index (χ1) is 7.65. The van der Waals surface area contributed by atoms with Crippen molar-refractivity contribution in [3.63, 3.8) is 0 Å². The molecule has 0 amide bonds. The van der Waals surface area contributed by atoms with Gasteiger partial charge >= 0.3 is 0 Å². The van der Waals surface area contributed by atoms with Gasteiger partial charge in [-0.05, 0) is 25.7 Å². The van der Waals surface area contributed by atoms with Crippen molar-refractivity contribution in [3.05, 3.63) is 0 Å². The molecule has 3 fully saturated rings. The van der Waals surface area contributed by atoms with Crippen molar-refractivity contribution >= 4 is 5.78 Å². The summed E-state index contributed by atoms with van der Waals surface area (Å²) < 4.78 is 5.22. The molecule has 0 spiro atoms. The Bertz CT molecular complexity index is 286. The summed E-state index contributed by atoms with van der Waals surface area (Å²) in [6.45, 7) is 3.72. The van der Waals surface area contributed by atoms with Crippen LogP contribution in [0.15, 0.2) is 0 Å². The number of carbonyl (C=O) groups is 1. The van der Waals surface area contributed by atoms with Gasteiger partial charge in [0.15, 0.2) is 0 Å². The zero-order valence-corrected chi connectivity index (χ0v) is 10.00. The van der Waals surface area contributed by atoms with Gasteiger partial charge in [-0.3, -0.25) is 4.79 Å². The number of fused-ring (bicyclic) bond motifs is 2. The van der Waals surface area contributed by atoms with Crippen LogP contribution in [0.3, 0.4) is 0 Å². The van der Waals surface area contributed by atoms with Gasteiger partial charge in [-0.15, -0.1) is 0 Å². The number of rotatable bonds is 3. The molecule has 2 unspecified atom stereocenters. The highest BCUT2D eigenvalue weighted by molar-refractivity contribution is 5.82. The number of ether oxygens (including phenoxy) is 1. The lowest BCUT2D eigenvalue weighted by atomic mass is 9.77. The molecule has 0 radical (unpaired) electrons. The average molecular weight is 223 g/mol. The Morgan fingerprint density at radius 2 is 1.94 bits per heavy atom. The third-order valence-corrected chi connectivity index (χ3v) is 4.43. The number of hydrogen-bond acceptors (Lipinski definition) is 3. The molecule has 3 aliphatic rings. The Kier molecular flexibility index (Phi) is 2.55. The summed E-state index contributed by atoms with van der Waals surface area (Å²) in [7, 11) is 0. The van der Waals surface area contributed by atoms with E-state index in [9.17, 15) is 4.79 Å². The summed E-state index contributed by atoms with van der Waals surface area (Å²) in [5, 5.41) is 3.59. The summed E-state index contributed by atoms with van der Waals surface area (Å²) in [5.74, 6) is 0.820. The molecule has 2 atom stereocenters. The highest BCUT2D eigenvalue weighted by Gasteiger charge is 2.41. The molecule has 0 aliphatic carbocycles. The normalized spacial score (nSPS) is 40.4. The smallest absolute Gasteiger partial charge is 0.136 e. The number of Topliss-reactive ketones (excluding diaryl/α,β-unsaturated/α-hetero) is 1. The first-order valence-electron chi connectivity index (χ1n) is 6.51. The molecule has 0 aromatic rings. The van der Waals surface area contributed by atoms with Gasteiger partial charge in [0.05, 0.1) is 13.2 Å². The third-order valence-electron chi connectivity index (χ3n) is 4.43. The van der Waals surface area contributed by atoms with Crippen LogP contribution in [0.4, 0.5) is 0 Å². The lowest BCUT2D eigenvalue weighted by molar-refractivity contribution is -0.141. The Hall–Kier alpha value is -0.410. The SMILES string of the molecule is CC1(CC(=O)C2CC3CCC(C2)N3)COC1. The van der Waals surface area contributed by atoms with Crippen molar-refractivity contribution in [1.29, 1.82) is 0 Å². The van der Waals surface area contributed by atoms with Crippen molar-refractivity contribution < 1.29 is 9.53 Å². The van der Waals surface area contributed by atoms with Gasteiger partial charge in [0.2, 0.25) is 0 Å². The Morgan fingerprint density at radius 1 is 1.31 bits per heavy atom. The van der Waals surface area contributed by atoms with Gasteiger partial charge < -0.3 is 10.1 Å². The molecule has 0 saturated carbocycles. The molecular weight excluding hydrogens is 202 g/mol. The monoisotopic (exact) mass is 223 g/mol. The second-order valence-electron chi connectivity index (χ2n) is 6.25. The van der Waals surface area contributed by atoms with Crippen LogP contribution >= 0.6 is 0 Å². The van der Waals surface area contributed by atoms with Crippen molar-refractivity contribution in [2.24, 2.45) is 11.3 Å². The fourth-order valence-electron chi connectivity index (χ4n) is 3.44. The molecule has 0 aromatic carbocycles. The van der Waals surface area contributed by atoms with E-state index in [2.05, 4.69) is 12.2 Å². The lowest BCUT2D eigenvalue weighted by Gasteiger charge is -2.39. The van der Waals surface area contributed by atoms with Crippen LogP contribution in [0, 0.1) is 11.3 Å². The minimum atomic E-state index is 0.154. The first kappa shape index (κ1) is 10.7. The quantitative estimate of drug-likeness (QED) is 0.788. The average Bonchev–Trinajstić information content (AvgIpc) is 2.55. The summed E-state index contributed by atoms with van der Waals surface area (Å²) >= 11 is 0. The molecule has 0 aromatic heterocycles. The molecule has 3 aliphatic heterocycles. The van der Waals surface area contributed by atoms with Crippen molar-refractivity contribution in [3.8, 4) is 0 Å². The highest BCUT2D eigenvalue weighted by atomic mass is 16.5. The van der Waals surface area contributed by atoms with Crippen LogP contribution < -0.4 is 5.32 Å². The fraction of sp³-hybridized carbons (Fsp3) is 0.923. The lowest BCUT2D eigenvalue weighted by Crippen LogP contribution is -2.45. The first-order valence-corrected chi connectivity index (χ1v) is 6.51. The minimum absolute atomic E-state index is 0.154. The predicted molar refractivity (Wildman–Crippen MR) is 61.2 cm³/mol. The maximum atomic E-state index is 12.2. The zero-order valence-electron chi connectivity index (χ0n) is 10.00. The standard InChI is InChI=1S/C13H21NO2/c1-13(7-16-8-13)6-12(15)9-4-10-2-3-11(5-9)14-10/h9-11,14H,2-8H2,1H3. The molecule has 16 heavy (non-hydrogen) atoms. The van der Waals surface area contributed by atoms with Crippen LogP contribution in [0.1, 0.15) is 39.0 Å². The summed E-state index contributed by atoms with van der Waals surface area (Å²) in [6, 6.07) is 1.25. The van der Waals surface area contributed by atoms with E-state index in [-0.39, 0.29) is 5.41 Å². The number of piperidine rings is 1. The third kappa shape index (κ3) is 1.91. The van der Waals surface area contributed by atoms with Crippen LogP contribution in [0.2, 0.25) is 0 Å². The molecule has 3 heteroatoms. The molecule has 3 saturated heterocycles. The van der Waals surface area contributed by atoms with E-state index < -0.39 is 0 Å². The Balaban J connectivity index is 1.58. The van der Waals surface area contributed by atoms with Gasteiger partial charge in [0.25, 0.3) is 0 Å². The van der Waals surface area contributed by atoms with E-state index in [1.165, 1.54) is 12.8 Å². The maximum Gasteiger partial charge on any atom is 0.136 e. The minimum Gasteiger partial charge on any atom is -0.380 e. The number of carbonyl (C=O) groups excluding carboxylic acids is 1. The van der Waals surface area contributed by atoms with Crippen LogP contribution in [0.5, 0.6) is 0 Å². The molecule has 2 bridgehead atoms. The summed E-state index contributed by atoms with van der Waals surface area (Å²) in [4.78, 5) is 12.2. The predicted octanol–water partition coefficient (Wildman–Crippen LogP) is 1.51. The van der Waals surface area contributed by atoms with Crippen LogP contribution in [-0.4, -0.2) is 31.1 Å². The largest absolute Gasteiger partial charge is 0.380 e. The second-order valence-corrected chi connectivity index (χ2v) is 6.25. The number of hydrogen-bond donors (Lipinski definition) is 1. The molecule has 3 rings (SSSR count). The summed E-state index contributed by atoms with van der Waals surface area (Å²) in [6.07, 6.45) is 5.43. The van der Waals surface area contributed by atoms with Crippen molar-refractivity contribution in [2.75, 3.05) is 13.2 Å². The van der Waals surface area contributed by atoms with E-state index in [0.717, 1.165) is 32.5 Å². The van der Waals surface area contributed by atoms with Gasteiger partial charge in [-0.25, -0.2) is 0 Å². The molecule has 1 N–H and O–H groups in total. The maximum absolute atomic E-state index is 12.2. The topological polar surface area (TPSA) is 38.3 Å². The number of nitrogens with one attached hydrogen (secondary N) is 1. The van der Waals surface area contributed by atoms with Gasteiger partial charge in [0.1, 0.15) is 5.78 Å². The van der Waals surface area contributed by atoms with E-state index >= 15 is 0 Å². The van der Waals surface area contributed by atoms with E-state index in [1.807, 2.05) is 0 Å². The highest BCUT2D eigenvalue weighted by Crippen LogP contribution is 2.36. The van der Waals surface area contributed by atoms with Crippen molar-refractivity contribution in [2.45, 2.75) is 51.1 Å². The zero-order chi connectivity index (χ0) is 11.2. The molecule has 3 heterocycles.